The van der Waals surface area contributed by atoms with Gasteiger partial charge >= 0.3 is 6.18 Å². The first-order valence-corrected chi connectivity index (χ1v) is 8.01. The van der Waals surface area contributed by atoms with Crippen molar-refractivity contribution in [2.75, 3.05) is 4.31 Å². The molecule has 0 unspecified atom stereocenters. The van der Waals surface area contributed by atoms with Gasteiger partial charge in [0.1, 0.15) is 0 Å². The van der Waals surface area contributed by atoms with Crippen molar-refractivity contribution in [3.63, 3.8) is 0 Å². The van der Waals surface area contributed by atoms with Crippen LogP contribution in [0.3, 0.4) is 0 Å². The molecule has 122 valence electrons. The molecule has 0 aliphatic carbocycles. The van der Waals surface area contributed by atoms with Crippen LogP contribution in [0.5, 0.6) is 0 Å². The second-order valence-corrected chi connectivity index (χ2v) is 6.66. The molecule has 7 heteroatoms. The van der Waals surface area contributed by atoms with E-state index in [4.69, 9.17) is 0 Å². The normalized spacial score (nSPS) is 12.0. The number of anilines is 1. The minimum atomic E-state index is -4.56. The maximum Gasteiger partial charge on any atom is 0.416 e. The predicted molar refractivity (Wildman–Crippen MR) is 82.5 cm³/mol. The fourth-order valence-corrected chi connectivity index (χ4v) is 3.28. The average molecular weight is 341 g/mol. The van der Waals surface area contributed by atoms with Gasteiger partial charge in [-0.3, -0.25) is 0 Å². The third-order valence-corrected chi connectivity index (χ3v) is 4.92. The van der Waals surface area contributed by atoms with Crippen molar-refractivity contribution in [1.82, 2.24) is 0 Å². The van der Waals surface area contributed by atoms with E-state index in [9.17, 15) is 21.6 Å². The largest absolute Gasteiger partial charge is 0.416 e. The van der Waals surface area contributed by atoms with Gasteiger partial charge in [0, 0.05) is 6.20 Å². The molecule has 0 heterocycles. The highest BCUT2D eigenvalue weighted by Gasteiger charge is 2.32. The molecule has 0 aliphatic heterocycles. The molecule has 0 bridgehead atoms. The Labute approximate surface area is 132 Å². The van der Waals surface area contributed by atoms with Gasteiger partial charge in [0.05, 0.1) is 16.1 Å². The summed E-state index contributed by atoms with van der Waals surface area (Å²) in [5.74, 6) is 0. The molecular formula is C16H14F3NO2S. The smallest absolute Gasteiger partial charge is 0.242 e. The Balaban J connectivity index is 2.51. The molecule has 0 fully saturated rings. The van der Waals surface area contributed by atoms with E-state index in [1.54, 1.807) is 19.1 Å². The van der Waals surface area contributed by atoms with Crippen LogP contribution >= 0.6 is 0 Å². The Morgan fingerprint density at radius 1 is 1.09 bits per heavy atom. The molecule has 2 aromatic rings. The fourth-order valence-electron chi connectivity index (χ4n) is 1.99. The van der Waals surface area contributed by atoms with Crippen LogP contribution in [0.1, 0.15) is 11.1 Å². The highest BCUT2D eigenvalue weighted by molar-refractivity contribution is 7.93. The number of rotatable bonds is 4. The van der Waals surface area contributed by atoms with E-state index >= 15 is 0 Å². The number of benzene rings is 2. The lowest BCUT2D eigenvalue weighted by molar-refractivity contribution is -0.137. The Hall–Kier alpha value is -2.28. The lowest BCUT2D eigenvalue weighted by Crippen LogP contribution is -2.25. The van der Waals surface area contributed by atoms with E-state index in [0.29, 0.717) is 0 Å². The average Bonchev–Trinajstić information content (AvgIpc) is 2.47. The molecule has 0 radical (unpaired) electrons. The Morgan fingerprint density at radius 2 is 1.70 bits per heavy atom. The Morgan fingerprint density at radius 3 is 2.22 bits per heavy atom. The Bertz CT molecular complexity index is 812. The lowest BCUT2D eigenvalue weighted by Gasteiger charge is -2.21. The number of sulfonamides is 1. The van der Waals surface area contributed by atoms with Gasteiger partial charge in [-0.1, -0.05) is 30.3 Å². The monoisotopic (exact) mass is 341 g/mol. The molecule has 0 N–H and O–H groups in total. The Kier molecular flexibility index (Phi) is 4.51. The van der Waals surface area contributed by atoms with E-state index in [1.165, 1.54) is 18.2 Å². The number of hydrogen-bond donors (Lipinski definition) is 0. The maximum absolute atomic E-state index is 12.8. The molecule has 0 spiro atoms. The molecule has 0 atom stereocenters. The van der Waals surface area contributed by atoms with Gasteiger partial charge in [-0.25, -0.2) is 12.7 Å². The summed E-state index contributed by atoms with van der Waals surface area (Å²) in [6, 6.07) is 10.1. The zero-order valence-corrected chi connectivity index (χ0v) is 13.0. The second kappa shape index (κ2) is 6.08. The summed E-state index contributed by atoms with van der Waals surface area (Å²) in [6.45, 7) is 5.20. The molecular weight excluding hydrogens is 327 g/mol. The number of nitrogens with zero attached hydrogens (tertiary/aromatic N) is 1. The summed E-state index contributed by atoms with van der Waals surface area (Å²) < 4.78 is 64.4. The van der Waals surface area contributed by atoms with Gasteiger partial charge in [0.15, 0.2) is 0 Å². The molecule has 0 saturated carbocycles. The fraction of sp³-hybridized carbons (Fsp3) is 0.125. The molecule has 0 aromatic heterocycles. The van der Waals surface area contributed by atoms with Crippen molar-refractivity contribution in [1.29, 1.82) is 0 Å². The first-order chi connectivity index (χ1) is 10.7. The maximum atomic E-state index is 12.8. The van der Waals surface area contributed by atoms with E-state index < -0.39 is 21.8 Å². The van der Waals surface area contributed by atoms with Crippen LogP contribution in [0, 0.1) is 6.92 Å². The summed E-state index contributed by atoms with van der Waals surface area (Å²) in [4.78, 5) is -0.0274. The first-order valence-electron chi connectivity index (χ1n) is 6.57. The van der Waals surface area contributed by atoms with Gasteiger partial charge in [-0.15, -0.1) is 0 Å². The van der Waals surface area contributed by atoms with Crippen LogP contribution in [0.25, 0.3) is 0 Å². The van der Waals surface area contributed by atoms with E-state index in [0.717, 1.165) is 34.3 Å². The van der Waals surface area contributed by atoms with Crippen molar-refractivity contribution in [3.8, 4) is 0 Å². The SMILES string of the molecule is C=CN(c1cccc(C(F)(F)F)c1)S(=O)(=O)c1ccc(C)cc1. The molecule has 2 aromatic carbocycles. The predicted octanol–water partition coefficient (Wildman–Crippen LogP) is 4.35. The third kappa shape index (κ3) is 3.56. The summed E-state index contributed by atoms with van der Waals surface area (Å²) in [6.07, 6.45) is -3.58. The molecule has 2 rings (SSSR count). The summed E-state index contributed by atoms with van der Waals surface area (Å²) in [5, 5.41) is 0. The van der Waals surface area contributed by atoms with Crippen molar-refractivity contribution in [2.24, 2.45) is 0 Å². The molecule has 23 heavy (non-hydrogen) atoms. The first kappa shape index (κ1) is 17.1. The van der Waals surface area contributed by atoms with E-state index in [-0.39, 0.29) is 10.6 Å². The highest BCUT2D eigenvalue weighted by atomic mass is 32.2. The van der Waals surface area contributed by atoms with E-state index in [1.807, 2.05) is 0 Å². The summed E-state index contributed by atoms with van der Waals surface area (Å²) >= 11 is 0. The standard InChI is InChI=1S/C16H14F3NO2S/c1-3-20(14-6-4-5-13(11-14)16(17,18)19)23(21,22)15-9-7-12(2)8-10-15/h3-11H,1H2,2H3. The van der Waals surface area contributed by atoms with Crippen molar-refractivity contribution in [2.45, 2.75) is 18.0 Å². The second-order valence-electron chi connectivity index (χ2n) is 4.84. The third-order valence-electron chi connectivity index (χ3n) is 3.17. The minimum absolute atomic E-state index is 0.0274. The van der Waals surface area contributed by atoms with Crippen LogP contribution in [0.15, 0.2) is 66.2 Å². The number of hydrogen-bond acceptors (Lipinski definition) is 2. The van der Waals surface area contributed by atoms with Crippen LogP contribution in [-0.4, -0.2) is 8.42 Å². The van der Waals surface area contributed by atoms with Crippen molar-refractivity contribution >= 4 is 15.7 Å². The quantitative estimate of drug-likeness (QED) is 0.829. The summed E-state index contributed by atoms with van der Waals surface area (Å²) in [5.41, 5.74) is -0.190. The topological polar surface area (TPSA) is 37.4 Å². The van der Waals surface area contributed by atoms with Crippen molar-refractivity contribution < 1.29 is 21.6 Å². The van der Waals surface area contributed by atoms with Gasteiger partial charge in [-0.2, -0.15) is 13.2 Å². The molecule has 3 nitrogen and oxygen atoms in total. The van der Waals surface area contributed by atoms with Crippen molar-refractivity contribution in [3.05, 3.63) is 72.4 Å². The van der Waals surface area contributed by atoms with Crippen LogP contribution < -0.4 is 4.31 Å². The van der Waals surface area contributed by atoms with Crippen LogP contribution in [0.4, 0.5) is 18.9 Å². The number of alkyl halides is 3. The molecule has 0 aliphatic rings. The van der Waals surface area contributed by atoms with Gasteiger partial charge in [0.25, 0.3) is 10.0 Å². The highest BCUT2D eigenvalue weighted by Crippen LogP contribution is 2.33. The minimum Gasteiger partial charge on any atom is -0.242 e. The van der Waals surface area contributed by atoms with Crippen LogP contribution in [0.2, 0.25) is 0 Å². The zero-order chi connectivity index (χ0) is 17.3. The molecule has 0 amide bonds. The van der Waals surface area contributed by atoms with Gasteiger partial charge in [0.2, 0.25) is 0 Å². The summed E-state index contributed by atoms with van der Waals surface area (Å²) in [7, 11) is -4.04. The van der Waals surface area contributed by atoms with Gasteiger partial charge < -0.3 is 0 Å². The number of halogens is 3. The number of aryl methyl sites for hydroxylation is 1. The lowest BCUT2D eigenvalue weighted by atomic mass is 10.2. The van der Waals surface area contributed by atoms with E-state index in [2.05, 4.69) is 6.58 Å². The van der Waals surface area contributed by atoms with Crippen LogP contribution in [-0.2, 0) is 16.2 Å². The van der Waals surface area contributed by atoms with Gasteiger partial charge in [-0.05, 0) is 37.3 Å². The molecule has 0 saturated heterocycles. The zero-order valence-electron chi connectivity index (χ0n) is 12.2.